The first-order valence-electron chi connectivity index (χ1n) is 7.84. The topological polar surface area (TPSA) is 166 Å². The quantitative estimate of drug-likeness (QED) is 0.0839. The van der Waals surface area contributed by atoms with Crippen molar-refractivity contribution in [3.8, 4) is 0 Å². The van der Waals surface area contributed by atoms with Gasteiger partial charge in [-0.25, -0.2) is 4.28 Å². The first-order chi connectivity index (χ1) is 12.1. The fraction of sp³-hybridized carbons (Fsp3) is 0.923. The summed E-state index contributed by atoms with van der Waals surface area (Å²) >= 11 is 5.85. The fourth-order valence-corrected chi connectivity index (χ4v) is 3.61. The highest BCUT2D eigenvalue weighted by Crippen LogP contribution is 2.36. The lowest BCUT2D eigenvalue weighted by Crippen LogP contribution is -2.65. The van der Waals surface area contributed by atoms with Crippen molar-refractivity contribution in [3.63, 3.8) is 0 Å². The van der Waals surface area contributed by atoms with Crippen molar-refractivity contribution in [2.75, 3.05) is 18.6 Å². The Morgan fingerprint density at radius 1 is 1.27 bits per heavy atom. The van der Waals surface area contributed by atoms with Gasteiger partial charge in [0.25, 0.3) is 0 Å². The molecule has 1 fully saturated rings. The highest BCUT2D eigenvalue weighted by Gasteiger charge is 2.54. The number of ether oxygens (including phenoxy) is 1. The molecular weight excluding hydrogens is 410 g/mol. The first-order valence-corrected chi connectivity index (χ1v) is 11.0. The van der Waals surface area contributed by atoms with E-state index in [1.807, 2.05) is 6.26 Å². The van der Waals surface area contributed by atoms with Crippen molar-refractivity contribution in [1.29, 1.82) is 0 Å². The van der Waals surface area contributed by atoms with E-state index in [9.17, 15) is 28.8 Å². The molecule has 0 radical (unpaired) electrons. The van der Waals surface area contributed by atoms with Crippen LogP contribution >= 0.6 is 24.4 Å². The normalized spacial score (nSPS) is 33.3. The van der Waals surface area contributed by atoms with Crippen molar-refractivity contribution in [2.24, 2.45) is 5.16 Å². The zero-order valence-electron chi connectivity index (χ0n) is 14.1. The van der Waals surface area contributed by atoms with E-state index in [0.29, 0.717) is 6.42 Å². The van der Waals surface area contributed by atoms with Crippen LogP contribution in [0.15, 0.2) is 5.16 Å². The van der Waals surface area contributed by atoms with E-state index in [4.69, 9.17) is 9.29 Å². The number of aliphatic hydroxyl groups is 4. The predicted octanol–water partition coefficient (Wildman–Crippen LogP) is -0.815. The van der Waals surface area contributed by atoms with Crippen LogP contribution in [0.5, 0.6) is 0 Å². The molecule has 0 aliphatic carbocycles. The maximum absolute atomic E-state index is 10.8. The summed E-state index contributed by atoms with van der Waals surface area (Å²) in [6, 6.07) is 0. The molecule has 1 aliphatic heterocycles. The molecule has 0 saturated carbocycles. The number of aliphatic hydroxyl groups excluding tert-OH is 4. The van der Waals surface area contributed by atoms with Crippen LogP contribution in [0.1, 0.15) is 25.7 Å². The van der Waals surface area contributed by atoms with Gasteiger partial charge in [0, 0.05) is 0 Å². The standard InChI is InChI=1S/C13H25NO9S3/c1-25-6-4-2-3-5-9(14-23-26(19,20)21)13(24)12(18)11(17)10(16)8(7-15)22-13/h8,10-12,15-18,24H,2-7H2,1H3,(H,19,20,21)/b14-9-/t8-,10-,11+,12-,13+/m1/s1. The Morgan fingerprint density at radius 3 is 2.46 bits per heavy atom. The molecule has 1 rings (SSSR count). The maximum atomic E-state index is 10.8. The third-order valence-corrected chi connectivity index (χ3v) is 5.47. The number of oxime groups is 1. The van der Waals surface area contributed by atoms with Crippen LogP contribution in [0, 0.1) is 0 Å². The van der Waals surface area contributed by atoms with Crippen LogP contribution in [0.2, 0.25) is 0 Å². The molecule has 10 nitrogen and oxygen atoms in total. The molecule has 0 bridgehead atoms. The Balaban J connectivity index is 3.04. The molecular formula is C13H25NO9S3. The van der Waals surface area contributed by atoms with Crippen LogP contribution in [-0.2, 0) is 19.4 Å². The van der Waals surface area contributed by atoms with Crippen LogP contribution in [0.4, 0.5) is 0 Å². The lowest BCUT2D eigenvalue weighted by Gasteiger charge is -2.46. The number of hydrogen-bond donors (Lipinski definition) is 6. The Morgan fingerprint density at radius 2 is 1.92 bits per heavy atom. The van der Waals surface area contributed by atoms with E-state index < -0.39 is 46.4 Å². The number of thioether (sulfide) groups is 1. The van der Waals surface area contributed by atoms with Crippen LogP contribution < -0.4 is 0 Å². The van der Waals surface area contributed by atoms with Crippen LogP contribution in [0.25, 0.3) is 0 Å². The molecule has 0 amide bonds. The fourth-order valence-electron chi connectivity index (χ4n) is 2.49. The Labute approximate surface area is 161 Å². The minimum absolute atomic E-state index is 0.0748. The summed E-state index contributed by atoms with van der Waals surface area (Å²) in [7, 11) is -4.91. The highest BCUT2D eigenvalue weighted by molar-refractivity contribution is 7.98. The van der Waals surface area contributed by atoms with E-state index >= 15 is 0 Å². The smallest absolute Gasteiger partial charge is 0.394 e. The van der Waals surface area contributed by atoms with Gasteiger partial charge in [-0.05, 0) is 31.3 Å². The minimum Gasteiger partial charge on any atom is -0.394 e. The minimum atomic E-state index is -4.91. The maximum Gasteiger partial charge on any atom is 0.466 e. The summed E-state index contributed by atoms with van der Waals surface area (Å²) in [5.41, 5.74) is -0.209. The predicted molar refractivity (Wildman–Crippen MR) is 98.6 cm³/mol. The molecule has 0 aromatic carbocycles. The molecule has 13 heteroatoms. The summed E-state index contributed by atoms with van der Waals surface area (Å²) in [5, 5.41) is 42.7. The molecule has 1 heterocycles. The van der Waals surface area contributed by atoms with E-state index in [1.165, 1.54) is 0 Å². The molecule has 0 aromatic rings. The van der Waals surface area contributed by atoms with Gasteiger partial charge in [0.1, 0.15) is 30.1 Å². The Bertz CT molecular complexity index is 571. The number of rotatable bonds is 10. The van der Waals surface area contributed by atoms with Gasteiger partial charge in [-0.15, -0.1) is 12.6 Å². The monoisotopic (exact) mass is 435 g/mol. The first kappa shape index (κ1) is 23.9. The van der Waals surface area contributed by atoms with Crippen molar-refractivity contribution < 1.29 is 42.4 Å². The summed E-state index contributed by atoms with van der Waals surface area (Å²) in [6.45, 7) is -0.687. The summed E-state index contributed by atoms with van der Waals surface area (Å²) in [6.07, 6.45) is -2.22. The number of hydrogen-bond acceptors (Lipinski definition) is 11. The third-order valence-electron chi connectivity index (χ3n) is 3.88. The number of unbranched alkanes of at least 4 members (excludes halogenated alkanes) is 2. The Hall–Kier alpha value is -0.120. The second-order valence-corrected chi connectivity index (χ2v) is 8.46. The molecule has 154 valence electrons. The van der Waals surface area contributed by atoms with Gasteiger partial charge in [-0.2, -0.15) is 20.2 Å². The highest BCUT2D eigenvalue weighted by atomic mass is 32.3. The van der Waals surface area contributed by atoms with Crippen molar-refractivity contribution >= 4 is 40.5 Å². The molecule has 5 N–H and O–H groups in total. The lowest BCUT2D eigenvalue weighted by atomic mass is 9.90. The van der Waals surface area contributed by atoms with E-state index in [-0.39, 0.29) is 12.1 Å². The molecule has 1 aliphatic rings. The average Bonchev–Trinajstić information content (AvgIpc) is 2.57. The summed E-state index contributed by atoms with van der Waals surface area (Å²) in [4.78, 5) is -2.03. The number of nitrogens with zero attached hydrogens (tertiary/aromatic N) is 1. The van der Waals surface area contributed by atoms with Gasteiger partial charge in [0.2, 0.25) is 0 Å². The van der Waals surface area contributed by atoms with Crippen LogP contribution in [-0.4, -0.2) is 87.1 Å². The van der Waals surface area contributed by atoms with Gasteiger partial charge in [0.05, 0.1) is 6.61 Å². The summed E-state index contributed by atoms with van der Waals surface area (Å²) < 4.78 is 39.8. The summed E-state index contributed by atoms with van der Waals surface area (Å²) in [5.74, 6) is 0.927. The van der Waals surface area contributed by atoms with Gasteiger partial charge < -0.3 is 25.2 Å². The molecule has 1 saturated heterocycles. The zero-order valence-corrected chi connectivity index (χ0v) is 16.7. The second-order valence-electron chi connectivity index (χ2n) is 5.81. The molecule has 0 unspecified atom stereocenters. The molecule has 0 spiro atoms. The van der Waals surface area contributed by atoms with Crippen molar-refractivity contribution in [2.45, 2.75) is 55.0 Å². The van der Waals surface area contributed by atoms with Gasteiger partial charge in [0.15, 0.2) is 4.93 Å². The Kier molecular flexibility index (Phi) is 9.60. The lowest BCUT2D eigenvalue weighted by molar-refractivity contribution is -0.222. The van der Waals surface area contributed by atoms with E-state index in [1.54, 1.807) is 11.8 Å². The molecule has 0 aromatic heterocycles. The van der Waals surface area contributed by atoms with Gasteiger partial charge >= 0.3 is 10.4 Å². The van der Waals surface area contributed by atoms with Crippen molar-refractivity contribution in [3.05, 3.63) is 0 Å². The molecule has 26 heavy (non-hydrogen) atoms. The van der Waals surface area contributed by atoms with Gasteiger partial charge in [-0.1, -0.05) is 11.6 Å². The average molecular weight is 436 g/mol. The van der Waals surface area contributed by atoms with E-state index in [0.717, 1.165) is 18.6 Å². The SMILES string of the molecule is CSCCCCC/C(=N/OS(=O)(=O)O)[C@@]1(S)O[C@H](CO)[C@@H](O)[C@H](O)[C@H]1O. The molecule has 5 atom stereocenters. The zero-order chi connectivity index (χ0) is 20.0. The van der Waals surface area contributed by atoms with E-state index in [2.05, 4.69) is 22.1 Å². The van der Waals surface area contributed by atoms with Crippen molar-refractivity contribution in [1.82, 2.24) is 0 Å². The van der Waals surface area contributed by atoms with Crippen LogP contribution in [0.3, 0.4) is 0 Å². The number of thiol groups is 1. The third kappa shape index (κ3) is 6.49. The van der Waals surface area contributed by atoms with Gasteiger partial charge in [-0.3, -0.25) is 4.55 Å². The largest absolute Gasteiger partial charge is 0.466 e. The second kappa shape index (κ2) is 10.4.